The van der Waals surface area contributed by atoms with E-state index < -0.39 is 0 Å². The van der Waals surface area contributed by atoms with E-state index >= 15 is 0 Å². The number of likely N-dealkylation sites (tertiary alicyclic amines) is 1. The molecule has 0 unspecified atom stereocenters. The van der Waals surface area contributed by atoms with Gasteiger partial charge in [-0.2, -0.15) is 16.3 Å². The molecule has 1 aliphatic heterocycles. The molecular formula is C16H17N5OS. The molecule has 0 aliphatic carbocycles. The second-order valence-corrected chi connectivity index (χ2v) is 6.71. The van der Waals surface area contributed by atoms with Crippen LogP contribution >= 0.6 is 11.3 Å². The van der Waals surface area contributed by atoms with Gasteiger partial charge in [0.05, 0.1) is 0 Å². The first-order valence-electron chi connectivity index (χ1n) is 7.71. The summed E-state index contributed by atoms with van der Waals surface area (Å²) in [4.78, 5) is 22.9. The zero-order valence-corrected chi connectivity index (χ0v) is 13.7. The molecule has 0 aromatic carbocycles. The average Bonchev–Trinajstić information content (AvgIpc) is 3.23. The zero-order valence-electron chi connectivity index (χ0n) is 12.8. The van der Waals surface area contributed by atoms with Crippen molar-refractivity contribution in [2.24, 2.45) is 0 Å². The Morgan fingerprint density at radius 2 is 2.17 bits per heavy atom. The first-order chi connectivity index (χ1) is 11.2. The van der Waals surface area contributed by atoms with Gasteiger partial charge in [-0.3, -0.25) is 4.79 Å². The number of carbonyl (C=O) groups excluding carboxylic acids is 1. The van der Waals surface area contributed by atoms with Gasteiger partial charge in [0.2, 0.25) is 5.82 Å². The van der Waals surface area contributed by atoms with Gasteiger partial charge in [-0.05, 0) is 53.6 Å². The lowest BCUT2D eigenvalue weighted by molar-refractivity contribution is 0.0701. The third kappa shape index (κ3) is 2.72. The van der Waals surface area contributed by atoms with Gasteiger partial charge < -0.3 is 4.90 Å². The Balaban J connectivity index is 1.48. The molecule has 6 nitrogen and oxygen atoms in total. The van der Waals surface area contributed by atoms with Crippen molar-refractivity contribution in [2.45, 2.75) is 25.7 Å². The molecule has 0 spiro atoms. The number of aromatic nitrogens is 4. The molecule has 1 saturated heterocycles. The van der Waals surface area contributed by atoms with Gasteiger partial charge in [-0.1, -0.05) is 0 Å². The largest absolute Gasteiger partial charge is 0.336 e. The normalized spacial score (nSPS) is 16.1. The van der Waals surface area contributed by atoms with Gasteiger partial charge in [0.25, 0.3) is 11.7 Å². The first-order valence-corrected chi connectivity index (χ1v) is 8.65. The Hall–Kier alpha value is -2.28. The quantitative estimate of drug-likeness (QED) is 0.725. The Labute approximate surface area is 137 Å². The Morgan fingerprint density at radius 1 is 1.35 bits per heavy atom. The van der Waals surface area contributed by atoms with Crippen molar-refractivity contribution in [3.63, 3.8) is 0 Å². The second kappa shape index (κ2) is 5.73. The molecule has 4 heterocycles. The Kier molecular flexibility index (Phi) is 3.57. The summed E-state index contributed by atoms with van der Waals surface area (Å²) in [5.74, 6) is 1.16. The maximum Gasteiger partial charge on any atom is 0.293 e. The molecule has 118 valence electrons. The Bertz CT molecular complexity index is 833. The summed E-state index contributed by atoms with van der Waals surface area (Å²) in [6, 6.07) is 2.19. The second-order valence-electron chi connectivity index (χ2n) is 5.93. The smallest absolute Gasteiger partial charge is 0.293 e. The summed E-state index contributed by atoms with van der Waals surface area (Å²) in [5.41, 5.74) is 2.38. The molecule has 0 radical (unpaired) electrons. The number of thiophene rings is 1. The molecule has 0 saturated carbocycles. The van der Waals surface area contributed by atoms with Crippen LogP contribution in [0.25, 0.3) is 5.78 Å². The van der Waals surface area contributed by atoms with Crippen LogP contribution in [0.5, 0.6) is 0 Å². The van der Waals surface area contributed by atoms with E-state index in [1.54, 1.807) is 22.0 Å². The van der Waals surface area contributed by atoms with Crippen molar-refractivity contribution < 1.29 is 4.79 Å². The standard InChI is InChI=1S/C16H17N5OS/c1-11-8-17-16-18-14(19-21(16)9-11)15(22)20-5-2-12(3-6-20)13-4-7-23-10-13/h4,7-10,12H,2-3,5-6H2,1H3. The van der Waals surface area contributed by atoms with Crippen LogP contribution in [0, 0.1) is 6.92 Å². The summed E-state index contributed by atoms with van der Waals surface area (Å²) >= 11 is 1.73. The van der Waals surface area contributed by atoms with Gasteiger partial charge >= 0.3 is 0 Å². The first kappa shape index (κ1) is 14.3. The minimum Gasteiger partial charge on any atom is -0.336 e. The molecule has 23 heavy (non-hydrogen) atoms. The molecule has 1 amide bonds. The van der Waals surface area contributed by atoms with Gasteiger partial charge in [-0.25, -0.2) is 9.50 Å². The highest BCUT2D eigenvalue weighted by Gasteiger charge is 2.27. The number of nitrogens with zero attached hydrogens (tertiary/aromatic N) is 5. The number of rotatable bonds is 2. The summed E-state index contributed by atoms with van der Waals surface area (Å²) in [5, 5.41) is 8.59. The van der Waals surface area contributed by atoms with Gasteiger partial charge in [-0.15, -0.1) is 5.10 Å². The van der Waals surface area contributed by atoms with Crippen LogP contribution in [-0.4, -0.2) is 43.5 Å². The fraction of sp³-hybridized carbons (Fsp3) is 0.375. The molecule has 4 rings (SSSR count). The van der Waals surface area contributed by atoms with Crippen LogP contribution in [0.4, 0.5) is 0 Å². The summed E-state index contributed by atoms with van der Waals surface area (Å²) in [6.07, 6.45) is 5.54. The fourth-order valence-electron chi connectivity index (χ4n) is 3.03. The molecule has 7 heteroatoms. The number of fused-ring (bicyclic) bond motifs is 1. The maximum atomic E-state index is 12.6. The molecular weight excluding hydrogens is 310 g/mol. The molecule has 3 aromatic rings. The molecule has 3 aromatic heterocycles. The SMILES string of the molecule is Cc1cnc2nc(C(=O)N3CCC(c4ccsc4)CC3)nn2c1. The minimum absolute atomic E-state index is 0.100. The number of piperidine rings is 1. The van der Waals surface area contributed by atoms with E-state index in [0.29, 0.717) is 11.7 Å². The predicted molar refractivity (Wildman–Crippen MR) is 87.7 cm³/mol. The van der Waals surface area contributed by atoms with Crippen molar-refractivity contribution in [3.05, 3.63) is 46.2 Å². The summed E-state index contributed by atoms with van der Waals surface area (Å²) in [6.45, 7) is 3.44. The minimum atomic E-state index is -0.100. The maximum absolute atomic E-state index is 12.6. The molecule has 0 atom stereocenters. The van der Waals surface area contributed by atoms with Gasteiger partial charge in [0, 0.05) is 25.5 Å². The average molecular weight is 327 g/mol. The van der Waals surface area contributed by atoms with E-state index in [9.17, 15) is 4.79 Å². The van der Waals surface area contributed by atoms with Crippen LogP contribution in [0.15, 0.2) is 29.2 Å². The van der Waals surface area contributed by atoms with Crippen LogP contribution in [0.1, 0.15) is 40.5 Å². The number of carbonyl (C=O) groups is 1. The summed E-state index contributed by atoms with van der Waals surface area (Å²) < 4.78 is 1.57. The number of aryl methyl sites for hydroxylation is 1. The predicted octanol–water partition coefficient (Wildman–Crippen LogP) is 2.51. The third-order valence-corrected chi connectivity index (χ3v) is 5.01. The monoisotopic (exact) mass is 327 g/mol. The van der Waals surface area contributed by atoms with Crippen molar-refractivity contribution in [1.29, 1.82) is 0 Å². The van der Waals surface area contributed by atoms with E-state index in [1.807, 2.05) is 18.0 Å². The lowest BCUT2D eigenvalue weighted by Gasteiger charge is -2.31. The highest BCUT2D eigenvalue weighted by atomic mass is 32.1. The van der Waals surface area contributed by atoms with E-state index in [0.717, 1.165) is 31.5 Å². The van der Waals surface area contributed by atoms with Crippen LogP contribution in [-0.2, 0) is 0 Å². The van der Waals surface area contributed by atoms with Crippen LogP contribution < -0.4 is 0 Å². The fourth-order valence-corrected chi connectivity index (χ4v) is 3.77. The molecule has 0 bridgehead atoms. The summed E-state index contributed by atoms with van der Waals surface area (Å²) in [7, 11) is 0. The van der Waals surface area contributed by atoms with Crippen LogP contribution in [0.3, 0.4) is 0 Å². The van der Waals surface area contributed by atoms with Crippen molar-refractivity contribution in [1.82, 2.24) is 24.5 Å². The van der Waals surface area contributed by atoms with Crippen molar-refractivity contribution in [3.8, 4) is 0 Å². The lowest BCUT2D eigenvalue weighted by Crippen LogP contribution is -2.38. The third-order valence-electron chi connectivity index (χ3n) is 4.31. The molecule has 1 aliphatic rings. The highest BCUT2D eigenvalue weighted by Crippen LogP contribution is 2.29. The zero-order chi connectivity index (χ0) is 15.8. The van der Waals surface area contributed by atoms with E-state index in [1.165, 1.54) is 5.56 Å². The van der Waals surface area contributed by atoms with Gasteiger partial charge in [0.1, 0.15) is 0 Å². The number of amides is 1. The van der Waals surface area contributed by atoms with Crippen molar-refractivity contribution in [2.75, 3.05) is 13.1 Å². The van der Waals surface area contributed by atoms with E-state index in [-0.39, 0.29) is 11.7 Å². The molecule has 0 N–H and O–H groups in total. The molecule has 1 fully saturated rings. The van der Waals surface area contributed by atoms with Crippen molar-refractivity contribution >= 4 is 23.0 Å². The number of hydrogen-bond donors (Lipinski definition) is 0. The van der Waals surface area contributed by atoms with Gasteiger partial charge in [0.15, 0.2) is 0 Å². The lowest BCUT2D eigenvalue weighted by atomic mass is 9.91. The van der Waals surface area contributed by atoms with E-state index in [4.69, 9.17) is 0 Å². The highest BCUT2D eigenvalue weighted by molar-refractivity contribution is 7.07. The Morgan fingerprint density at radius 3 is 2.91 bits per heavy atom. The van der Waals surface area contributed by atoms with E-state index in [2.05, 4.69) is 31.9 Å². The van der Waals surface area contributed by atoms with Crippen LogP contribution in [0.2, 0.25) is 0 Å². The number of hydrogen-bond acceptors (Lipinski definition) is 5. The topological polar surface area (TPSA) is 63.4 Å².